The third kappa shape index (κ3) is 2.32. The number of hydrogen-bond acceptors (Lipinski definition) is 0. The summed E-state index contributed by atoms with van der Waals surface area (Å²) in [6.07, 6.45) is 4.41. The summed E-state index contributed by atoms with van der Waals surface area (Å²) in [6, 6.07) is 25.7. The SMILES string of the molecule is [Cl][Ti]([Cl])([CH]1C=Cc2ccccc21)[CH]1c2ccccc2-c2ccccc21. The van der Waals surface area contributed by atoms with Gasteiger partial charge in [0, 0.05) is 0 Å². The monoisotopic (exact) mass is 398 g/mol. The van der Waals surface area contributed by atoms with E-state index in [0.29, 0.717) is 0 Å². The zero-order chi connectivity index (χ0) is 17.0. The van der Waals surface area contributed by atoms with Crippen molar-refractivity contribution < 1.29 is 14.5 Å². The molecule has 3 heteroatoms. The fourth-order valence-electron chi connectivity index (χ4n) is 4.33. The number of fused-ring (bicyclic) bond motifs is 4. The summed E-state index contributed by atoms with van der Waals surface area (Å²) < 4.78 is 0.292. The molecule has 0 amide bonds. The van der Waals surface area contributed by atoms with Gasteiger partial charge in [0.2, 0.25) is 0 Å². The van der Waals surface area contributed by atoms with E-state index in [0.717, 1.165) is 0 Å². The molecular formula is C22H16Cl2Ti. The molecule has 2 aliphatic rings. The topological polar surface area (TPSA) is 0 Å². The third-order valence-corrected chi connectivity index (χ3v) is 13.4. The molecule has 0 bridgehead atoms. The molecule has 0 heterocycles. The number of benzene rings is 3. The molecule has 0 spiro atoms. The normalized spacial score (nSPS) is 18.1. The molecular weight excluding hydrogens is 383 g/mol. The molecule has 3 aromatic carbocycles. The van der Waals surface area contributed by atoms with Crippen LogP contribution >= 0.6 is 18.6 Å². The standard InChI is InChI=1S/C13H9.C9H7.2ClH.Ti/c1-3-7-12-10(5-1)9-11-6-2-4-8-13(11)12;1-2-5-9-7-3-6-8(9)4-1;;;/h1-9H;1-7H;2*1H;/q;;;;+2/p-2. The first-order chi connectivity index (χ1) is 12.2. The van der Waals surface area contributed by atoms with Crippen molar-refractivity contribution in [1.29, 1.82) is 0 Å². The van der Waals surface area contributed by atoms with E-state index in [9.17, 15) is 0 Å². The molecule has 25 heavy (non-hydrogen) atoms. The van der Waals surface area contributed by atoms with Crippen molar-refractivity contribution in [2.45, 2.75) is 8.45 Å². The predicted octanol–water partition coefficient (Wildman–Crippen LogP) is 6.99. The second-order valence-electron chi connectivity index (χ2n) is 6.75. The fraction of sp³-hybridized carbons (Fsp3) is 0.0909. The first kappa shape index (κ1) is 15.9. The van der Waals surface area contributed by atoms with Crippen LogP contribution in [0.1, 0.15) is 30.7 Å². The van der Waals surface area contributed by atoms with Gasteiger partial charge >= 0.3 is 160 Å². The Bertz CT molecular complexity index is 961. The van der Waals surface area contributed by atoms with Crippen LogP contribution in [0.4, 0.5) is 0 Å². The molecule has 2 aliphatic carbocycles. The van der Waals surface area contributed by atoms with Gasteiger partial charge in [0.15, 0.2) is 0 Å². The van der Waals surface area contributed by atoms with Crippen LogP contribution in [0.2, 0.25) is 0 Å². The van der Waals surface area contributed by atoms with E-state index in [4.69, 9.17) is 18.6 Å². The van der Waals surface area contributed by atoms with Gasteiger partial charge in [-0.15, -0.1) is 0 Å². The summed E-state index contributed by atoms with van der Waals surface area (Å²) in [5.74, 6) is 0. The minimum atomic E-state index is -3.36. The van der Waals surface area contributed by atoms with Crippen molar-refractivity contribution in [1.82, 2.24) is 0 Å². The van der Waals surface area contributed by atoms with Gasteiger partial charge in [0.05, 0.1) is 0 Å². The quantitative estimate of drug-likeness (QED) is 0.408. The van der Waals surface area contributed by atoms with Gasteiger partial charge in [-0.05, 0) is 0 Å². The van der Waals surface area contributed by atoms with Gasteiger partial charge in [-0.1, -0.05) is 0 Å². The van der Waals surface area contributed by atoms with E-state index in [-0.39, 0.29) is 8.45 Å². The summed E-state index contributed by atoms with van der Waals surface area (Å²) in [5.41, 5.74) is 7.71. The van der Waals surface area contributed by atoms with Gasteiger partial charge in [0.25, 0.3) is 0 Å². The van der Waals surface area contributed by atoms with Crippen molar-refractivity contribution >= 4 is 24.7 Å². The molecule has 0 fully saturated rings. The Morgan fingerprint density at radius 3 is 1.80 bits per heavy atom. The van der Waals surface area contributed by atoms with Crippen molar-refractivity contribution in [3.05, 3.63) is 101 Å². The maximum absolute atomic E-state index is 7.33. The Morgan fingerprint density at radius 1 is 0.640 bits per heavy atom. The molecule has 0 aliphatic heterocycles. The average molecular weight is 399 g/mol. The molecule has 1 unspecified atom stereocenters. The van der Waals surface area contributed by atoms with Crippen molar-refractivity contribution in [3.8, 4) is 11.1 Å². The minimum absolute atomic E-state index is 0.136. The Kier molecular flexibility index (Phi) is 3.73. The number of hydrogen-bond donors (Lipinski definition) is 0. The second kappa shape index (κ2) is 5.86. The van der Waals surface area contributed by atoms with E-state index in [1.54, 1.807) is 0 Å². The molecule has 0 radical (unpaired) electrons. The molecule has 1 atom stereocenters. The van der Waals surface area contributed by atoms with Crippen LogP contribution in [0.15, 0.2) is 78.9 Å². The molecule has 0 aromatic heterocycles. The van der Waals surface area contributed by atoms with Crippen LogP contribution in [0.25, 0.3) is 17.2 Å². The molecule has 5 rings (SSSR count). The first-order valence-corrected chi connectivity index (χ1v) is 14.6. The Balaban J connectivity index is 1.70. The van der Waals surface area contributed by atoms with Crippen LogP contribution < -0.4 is 0 Å². The van der Waals surface area contributed by atoms with Crippen molar-refractivity contribution in [2.75, 3.05) is 0 Å². The molecule has 122 valence electrons. The summed E-state index contributed by atoms with van der Waals surface area (Å²) in [5, 5.41) is 0. The van der Waals surface area contributed by atoms with Crippen LogP contribution in [-0.4, -0.2) is 0 Å². The molecule has 0 saturated heterocycles. The van der Waals surface area contributed by atoms with Gasteiger partial charge in [-0.25, -0.2) is 0 Å². The van der Waals surface area contributed by atoms with Crippen LogP contribution in [0.5, 0.6) is 0 Å². The zero-order valence-electron chi connectivity index (χ0n) is 13.5. The van der Waals surface area contributed by atoms with Crippen molar-refractivity contribution in [3.63, 3.8) is 0 Å². The van der Waals surface area contributed by atoms with Crippen LogP contribution in [0.3, 0.4) is 0 Å². The third-order valence-electron chi connectivity index (χ3n) is 5.43. The number of rotatable bonds is 2. The second-order valence-corrected chi connectivity index (χ2v) is 16.7. The summed E-state index contributed by atoms with van der Waals surface area (Å²) in [6.45, 7) is 0. The Morgan fingerprint density at radius 2 is 1.16 bits per heavy atom. The summed E-state index contributed by atoms with van der Waals surface area (Å²) >= 11 is -3.36. The van der Waals surface area contributed by atoms with Gasteiger partial charge in [-0.2, -0.15) is 0 Å². The summed E-state index contributed by atoms with van der Waals surface area (Å²) in [7, 11) is 14.7. The van der Waals surface area contributed by atoms with E-state index in [2.05, 4.69) is 84.9 Å². The van der Waals surface area contributed by atoms with Gasteiger partial charge in [-0.3, -0.25) is 0 Å². The summed E-state index contributed by atoms with van der Waals surface area (Å²) in [4.78, 5) is 0. The van der Waals surface area contributed by atoms with E-state index >= 15 is 0 Å². The maximum atomic E-state index is 7.33. The van der Waals surface area contributed by atoms with E-state index in [1.807, 2.05) is 0 Å². The molecule has 0 nitrogen and oxygen atoms in total. The van der Waals surface area contributed by atoms with Gasteiger partial charge in [0.1, 0.15) is 0 Å². The molecule has 0 N–H and O–H groups in total. The van der Waals surface area contributed by atoms with Crippen LogP contribution in [-0.2, 0) is 14.5 Å². The average Bonchev–Trinajstić information content (AvgIpc) is 3.22. The first-order valence-electron chi connectivity index (χ1n) is 8.51. The predicted molar refractivity (Wildman–Crippen MR) is 104 cm³/mol. The van der Waals surface area contributed by atoms with Crippen molar-refractivity contribution in [2.24, 2.45) is 0 Å². The molecule has 3 aromatic rings. The van der Waals surface area contributed by atoms with E-state index in [1.165, 1.54) is 33.4 Å². The Labute approximate surface area is 159 Å². The fourth-order valence-corrected chi connectivity index (χ4v) is 12.1. The van der Waals surface area contributed by atoms with E-state index < -0.39 is 14.5 Å². The number of allylic oxidation sites excluding steroid dienone is 1. The van der Waals surface area contributed by atoms with Gasteiger partial charge < -0.3 is 0 Å². The Hall–Kier alpha value is -1.31. The number of halogens is 2. The zero-order valence-corrected chi connectivity index (χ0v) is 16.6. The van der Waals surface area contributed by atoms with Crippen LogP contribution in [0, 0.1) is 0 Å². The molecule has 0 saturated carbocycles.